The number of rotatable bonds is 5. The maximum atomic E-state index is 13.3. The quantitative estimate of drug-likeness (QED) is 0.646. The van der Waals surface area contributed by atoms with Crippen LogP contribution in [-0.2, 0) is 11.2 Å². The number of aromatic nitrogens is 2. The molecule has 0 radical (unpaired) electrons. The standard InChI is InChI=1S/C22H21ClFN3O/c23-17-8-3-15(4-9-17)5-12-21(28)27-13-1-2-20(27)22-19(14-25-26-22)16-6-10-18(24)11-7-16/h3-4,6-11,14,20H,1-2,5,12-13H2,(H,25,26)/t20-/m1/s1. The molecule has 1 amide bonds. The first kappa shape index (κ1) is 18.7. The summed E-state index contributed by atoms with van der Waals surface area (Å²) in [6.07, 6.45) is 4.74. The summed E-state index contributed by atoms with van der Waals surface area (Å²) in [5.41, 5.74) is 3.83. The molecule has 4 rings (SSSR count). The Labute approximate surface area is 168 Å². The van der Waals surface area contributed by atoms with E-state index in [2.05, 4.69) is 10.2 Å². The summed E-state index contributed by atoms with van der Waals surface area (Å²) in [6.45, 7) is 0.742. The summed E-state index contributed by atoms with van der Waals surface area (Å²) in [4.78, 5) is 14.8. The van der Waals surface area contributed by atoms with Gasteiger partial charge in [-0.3, -0.25) is 9.89 Å². The average molecular weight is 398 g/mol. The molecule has 1 aromatic heterocycles. The summed E-state index contributed by atoms with van der Waals surface area (Å²) in [5, 5.41) is 7.96. The van der Waals surface area contributed by atoms with E-state index in [-0.39, 0.29) is 17.8 Å². The number of hydrogen-bond acceptors (Lipinski definition) is 2. The van der Waals surface area contributed by atoms with Crippen LogP contribution in [0.3, 0.4) is 0 Å². The predicted molar refractivity (Wildman–Crippen MR) is 107 cm³/mol. The van der Waals surface area contributed by atoms with Crippen molar-refractivity contribution in [3.05, 3.63) is 76.8 Å². The topological polar surface area (TPSA) is 49.0 Å². The summed E-state index contributed by atoms with van der Waals surface area (Å²) in [6, 6.07) is 13.9. The molecule has 1 atom stereocenters. The van der Waals surface area contributed by atoms with Crippen molar-refractivity contribution in [1.82, 2.24) is 15.1 Å². The van der Waals surface area contributed by atoms with Gasteiger partial charge in [0.15, 0.2) is 0 Å². The second-order valence-corrected chi connectivity index (χ2v) is 7.51. The minimum Gasteiger partial charge on any atom is -0.334 e. The van der Waals surface area contributed by atoms with E-state index < -0.39 is 0 Å². The van der Waals surface area contributed by atoms with Gasteiger partial charge in [0, 0.05) is 23.6 Å². The van der Waals surface area contributed by atoms with E-state index in [0.29, 0.717) is 17.9 Å². The molecule has 0 unspecified atom stereocenters. The van der Waals surface area contributed by atoms with Crippen molar-refractivity contribution in [2.75, 3.05) is 6.54 Å². The zero-order valence-electron chi connectivity index (χ0n) is 15.4. The molecule has 28 heavy (non-hydrogen) atoms. The molecule has 0 saturated carbocycles. The summed E-state index contributed by atoms with van der Waals surface area (Å²) in [5.74, 6) is -0.134. The van der Waals surface area contributed by atoms with Crippen molar-refractivity contribution in [2.45, 2.75) is 31.7 Å². The first-order chi connectivity index (χ1) is 13.6. The van der Waals surface area contributed by atoms with Gasteiger partial charge in [0.2, 0.25) is 5.91 Å². The van der Waals surface area contributed by atoms with Crippen molar-refractivity contribution in [3.8, 4) is 11.1 Å². The van der Waals surface area contributed by atoms with E-state index in [1.54, 1.807) is 18.3 Å². The molecule has 1 saturated heterocycles. The van der Waals surface area contributed by atoms with Crippen LogP contribution in [-0.4, -0.2) is 27.5 Å². The molecule has 6 heteroatoms. The van der Waals surface area contributed by atoms with Crippen LogP contribution in [0.5, 0.6) is 0 Å². The average Bonchev–Trinajstić information content (AvgIpc) is 3.37. The molecule has 1 aliphatic heterocycles. The normalized spacial score (nSPS) is 16.5. The molecule has 1 N–H and O–H groups in total. The lowest BCUT2D eigenvalue weighted by molar-refractivity contribution is -0.132. The van der Waals surface area contributed by atoms with E-state index >= 15 is 0 Å². The van der Waals surface area contributed by atoms with Gasteiger partial charge in [-0.15, -0.1) is 0 Å². The van der Waals surface area contributed by atoms with Gasteiger partial charge in [-0.2, -0.15) is 5.10 Å². The lowest BCUT2D eigenvalue weighted by atomic mass is 10.0. The minimum atomic E-state index is -0.270. The minimum absolute atomic E-state index is 0.0275. The highest BCUT2D eigenvalue weighted by Crippen LogP contribution is 2.36. The van der Waals surface area contributed by atoms with E-state index in [0.717, 1.165) is 41.8 Å². The summed E-state index contributed by atoms with van der Waals surface area (Å²) >= 11 is 5.92. The van der Waals surface area contributed by atoms with Crippen molar-refractivity contribution in [3.63, 3.8) is 0 Å². The number of likely N-dealkylation sites (tertiary alicyclic amines) is 1. The number of aromatic amines is 1. The van der Waals surface area contributed by atoms with Crippen LogP contribution >= 0.6 is 11.6 Å². The Morgan fingerprint density at radius 1 is 1.18 bits per heavy atom. The number of benzene rings is 2. The molecule has 2 heterocycles. The van der Waals surface area contributed by atoms with Crippen LogP contribution in [0.2, 0.25) is 5.02 Å². The number of carbonyl (C=O) groups is 1. The SMILES string of the molecule is O=C(CCc1ccc(Cl)cc1)N1CCC[C@@H]1c1[nH]ncc1-c1ccc(F)cc1. The monoisotopic (exact) mass is 397 g/mol. The number of halogens is 2. The van der Waals surface area contributed by atoms with Crippen LogP contribution in [0.1, 0.15) is 36.6 Å². The molecule has 2 aromatic carbocycles. The Bertz CT molecular complexity index is 953. The number of nitrogens with one attached hydrogen (secondary N) is 1. The Balaban J connectivity index is 1.49. The first-order valence-corrected chi connectivity index (χ1v) is 9.83. The molecule has 1 aliphatic rings. The highest BCUT2D eigenvalue weighted by Gasteiger charge is 2.32. The smallest absolute Gasteiger partial charge is 0.223 e. The lowest BCUT2D eigenvalue weighted by Crippen LogP contribution is -2.31. The zero-order valence-corrected chi connectivity index (χ0v) is 16.1. The lowest BCUT2D eigenvalue weighted by Gasteiger charge is -2.25. The highest BCUT2D eigenvalue weighted by atomic mass is 35.5. The molecule has 0 bridgehead atoms. The highest BCUT2D eigenvalue weighted by molar-refractivity contribution is 6.30. The van der Waals surface area contributed by atoms with Crippen LogP contribution < -0.4 is 0 Å². The number of nitrogens with zero attached hydrogens (tertiary/aromatic N) is 2. The van der Waals surface area contributed by atoms with Crippen molar-refractivity contribution < 1.29 is 9.18 Å². The maximum absolute atomic E-state index is 13.3. The molecule has 0 spiro atoms. The van der Waals surface area contributed by atoms with Gasteiger partial charge in [0.05, 0.1) is 17.9 Å². The molecule has 4 nitrogen and oxygen atoms in total. The fourth-order valence-electron chi connectivity index (χ4n) is 3.82. The fourth-order valence-corrected chi connectivity index (χ4v) is 3.95. The Morgan fingerprint density at radius 3 is 2.68 bits per heavy atom. The van der Waals surface area contributed by atoms with E-state index in [4.69, 9.17) is 11.6 Å². The second-order valence-electron chi connectivity index (χ2n) is 7.08. The number of amides is 1. The fraction of sp³-hybridized carbons (Fsp3) is 0.273. The Morgan fingerprint density at radius 2 is 1.93 bits per heavy atom. The van der Waals surface area contributed by atoms with Crippen LogP contribution in [0, 0.1) is 5.82 Å². The molecule has 1 fully saturated rings. The van der Waals surface area contributed by atoms with E-state index in [1.165, 1.54) is 12.1 Å². The van der Waals surface area contributed by atoms with Gasteiger partial charge in [-0.05, 0) is 54.7 Å². The third-order valence-corrected chi connectivity index (χ3v) is 5.52. The van der Waals surface area contributed by atoms with Gasteiger partial charge < -0.3 is 4.90 Å². The molecule has 144 valence electrons. The zero-order chi connectivity index (χ0) is 19.5. The molecule has 3 aromatic rings. The van der Waals surface area contributed by atoms with Crippen LogP contribution in [0.15, 0.2) is 54.7 Å². The number of carbonyl (C=O) groups excluding carboxylic acids is 1. The number of hydrogen-bond donors (Lipinski definition) is 1. The summed E-state index contributed by atoms with van der Waals surface area (Å²) < 4.78 is 13.3. The first-order valence-electron chi connectivity index (χ1n) is 9.45. The second kappa shape index (κ2) is 8.15. The van der Waals surface area contributed by atoms with Gasteiger partial charge in [0.1, 0.15) is 5.82 Å². The molecular weight excluding hydrogens is 377 g/mol. The number of H-pyrrole nitrogens is 1. The molecule has 0 aliphatic carbocycles. The third kappa shape index (κ3) is 3.94. The van der Waals surface area contributed by atoms with E-state index in [1.807, 2.05) is 29.2 Å². The largest absolute Gasteiger partial charge is 0.334 e. The van der Waals surface area contributed by atoms with Crippen LogP contribution in [0.25, 0.3) is 11.1 Å². The van der Waals surface area contributed by atoms with Gasteiger partial charge in [-0.25, -0.2) is 4.39 Å². The van der Waals surface area contributed by atoms with E-state index in [9.17, 15) is 9.18 Å². The van der Waals surface area contributed by atoms with Gasteiger partial charge in [-0.1, -0.05) is 35.9 Å². The molecular formula is C22H21ClFN3O. The Hall–Kier alpha value is -2.66. The third-order valence-electron chi connectivity index (χ3n) is 5.27. The van der Waals surface area contributed by atoms with Gasteiger partial charge in [0.25, 0.3) is 0 Å². The summed E-state index contributed by atoms with van der Waals surface area (Å²) in [7, 11) is 0. The van der Waals surface area contributed by atoms with Gasteiger partial charge >= 0.3 is 0 Å². The number of aryl methyl sites for hydroxylation is 1. The van der Waals surface area contributed by atoms with Crippen molar-refractivity contribution >= 4 is 17.5 Å². The Kier molecular flexibility index (Phi) is 5.44. The van der Waals surface area contributed by atoms with Crippen LogP contribution in [0.4, 0.5) is 4.39 Å². The van der Waals surface area contributed by atoms with Crippen molar-refractivity contribution in [1.29, 1.82) is 0 Å². The predicted octanol–water partition coefficient (Wildman–Crippen LogP) is 5.17. The van der Waals surface area contributed by atoms with Crippen molar-refractivity contribution in [2.24, 2.45) is 0 Å². The maximum Gasteiger partial charge on any atom is 0.223 e.